The number of hydrogen-bond donors (Lipinski definition) is 2. The minimum absolute atomic E-state index is 0.0786. The maximum atomic E-state index is 9.54. The Morgan fingerprint density at radius 3 is 2.81 bits per heavy atom. The molecule has 0 spiro atoms. The average molecular weight is 229 g/mol. The molecular formula is C12H23NO3. The fourth-order valence-electron chi connectivity index (χ4n) is 2.85. The molecule has 2 fully saturated rings. The second-order valence-electron chi connectivity index (χ2n) is 5.26. The highest BCUT2D eigenvalue weighted by Gasteiger charge is 2.38. The summed E-state index contributed by atoms with van der Waals surface area (Å²) in [7, 11) is 0. The zero-order valence-corrected chi connectivity index (χ0v) is 9.90. The largest absolute Gasteiger partial charge is 0.396 e. The fourth-order valence-corrected chi connectivity index (χ4v) is 2.85. The highest BCUT2D eigenvalue weighted by Crippen LogP contribution is 2.31. The number of nitrogens with zero attached hydrogens (tertiary/aromatic N) is 1. The van der Waals surface area contributed by atoms with Gasteiger partial charge in [0.1, 0.15) is 0 Å². The Labute approximate surface area is 97.2 Å². The lowest BCUT2D eigenvalue weighted by molar-refractivity contribution is 0.0140. The third-order valence-corrected chi connectivity index (χ3v) is 4.02. The maximum absolute atomic E-state index is 9.54. The molecule has 0 amide bonds. The minimum atomic E-state index is -0.0786. The van der Waals surface area contributed by atoms with Crippen LogP contribution in [-0.2, 0) is 4.74 Å². The van der Waals surface area contributed by atoms with E-state index in [-0.39, 0.29) is 24.7 Å². The Bertz CT molecular complexity index is 216. The minimum Gasteiger partial charge on any atom is -0.396 e. The van der Waals surface area contributed by atoms with Crippen LogP contribution in [0.4, 0.5) is 0 Å². The van der Waals surface area contributed by atoms with E-state index in [0.717, 1.165) is 32.5 Å². The molecule has 0 bridgehead atoms. The number of aliphatic hydroxyl groups excluding tert-OH is 2. The summed E-state index contributed by atoms with van der Waals surface area (Å²) in [5.41, 5.74) is -0.0786. The molecule has 4 nitrogen and oxygen atoms in total. The van der Waals surface area contributed by atoms with Crippen molar-refractivity contribution in [1.29, 1.82) is 0 Å². The van der Waals surface area contributed by atoms with Crippen LogP contribution < -0.4 is 0 Å². The van der Waals surface area contributed by atoms with Crippen molar-refractivity contribution in [3.05, 3.63) is 0 Å². The van der Waals surface area contributed by atoms with Gasteiger partial charge in [-0.1, -0.05) is 6.42 Å². The van der Waals surface area contributed by atoms with Crippen LogP contribution in [0.3, 0.4) is 0 Å². The van der Waals surface area contributed by atoms with Crippen molar-refractivity contribution in [2.75, 3.05) is 39.5 Å². The number of hydrogen-bond acceptors (Lipinski definition) is 4. The van der Waals surface area contributed by atoms with E-state index < -0.39 is 0 Å². The molecule has 0 radical (unpaired) electrons. The van der Waals surface area contributed by atoms with Gasteiger partial charge >= 0.3 is 0 Å². The summed E-state index contributed by atoms with van der Waals surface area (Å²) in [5, 5.41) is 18.9. The number of likely N-dealkylation sites (tertiary alicyclic amines) is 1. The molecule has 0 aromatic carbocycles. The first-order valence-electron chi connectivity index (χ1n) is 6.33. The van der Waals surface area contributed by atoms with Crippen LogP contribution in [0.1, 0.15) is 25.7 Å². The topological polar surface area (TPSA) is 52.9 Å². The van der Waals surface area contributed by atoms with Crippen molar-refractivity contribution in [3.8, 4) is 0 Å². The van der Waals surface area contributed by atoms with Gasteiger partial charge in [-0.2, -0.15) is 0 Å². The second kappa shape index (κ2) is 5.45. The molecule has 2 saturated heterocycles. The monoisotopic (exact) mass is 229 g/mol. The van der Waals surface area contributed by atoms with E-state index in [1.165, 1.54) is 12.8 Å². The van der Waals surface area contributed by atoms with Crippen LogP contribution >= 0.6 is 0 Å². The van der Waals surface area contributed by atoms with Crippen LogP contribution in [0.25, 0.3) is 0 Å². The van der Waals surface area contributed by atoms with E-state index in [1.54, 1.807) is 0 Å². The molecule has 94 valence electrons. The predicted molar refractivity (Wildman–Crippen MR) is 61.3 cm³/mol. The van der Waals surface area contributed by atoms with Gasteiger partial charge in [0.2, 0.25) is 0 Å². The van der Waals surface area contributed by atoms with Crippen molar-refractivity contribution in [3.63, 3.8) is 0 Å². The molecule has 2 unspecified atom stereocenters. The number of ether oxygens (including phenoxy) is 1. The lowest BCUT2D eigenvalue weighted by Gasteiger charge is -2.40. The van der Waals surface area contributed by atoms with Gasteiger partial charge in [-0.25, -0.2) is 0 Å². The summed E-state index contributed by atoms with van der Waals surface area (Å²) in [5.74, 6) is 0. The van der Waals surface area contributed by atoms with Crippen LogP contribution in [-0.4, -0.2) is 60.7 Å². The summed E-state index contributed by atoms with van der Waals surface area (Å²) in [4.78, 5) is 2.34. The first-order chi connectivity index (χ1) is 7.79. The molecule has 16 heavy (non-hydrogen) atoms. The summed E-state index contributed by atoms with van der Waals surface area (Å²) in [6, 6.07) is 0.290. The Kier molecular flexibility index (Phi) is 4.19. The lowest BCUT2D eigenvalue weighted by atomic mass is 9.86. The van der Waals surface area contributed by atoms with Crippen molar-refractivity contribution in [1.82, 2.24) is 4.90 Å². The third kappa shape index (κ3) is 2.56. The lowest BCUT2D eigenvalue weighted by Crippen LogP contribution is -2.49. The SMILES string of the molecule is OCC1CCCCN1CC1(CO)CCOC1. The highest BCUT2D eigenvalue weighted by atomic mass is 16.5. The molecule has 0 aromatic heterocycles. The second-order valence-corrected chi connectivity index (χ2v) is 5.26. The van der Waals surface area contributed by atoms with Crippen LogP contribution in [0.5, 0.6) is 0 Å². The van der Waals surface area contributed by atoms with E-state index in [4.69, 9.17) is 4.74 Å². The van der Waals surface area contributed by atoms with Gasteiger partial charge in [0.15, 0.2) is 0 Å². The van der Waals surface area contributed by atoms with Gasteiger partial charge in [-0.3, -0.25) is 4.90 Å². The van der Waals surface area contributed by atoms with E-state index in [2.05, 4.69) is 4.90 Å². The van der Waals surface area contributed by atoms with Crippen molar-refractivity contribution in [2.45, 2.75) is 31.7 Å². The molecule has 2 atom stereocenters. The quantitative estimate of drug-likeness (QED) is 0.725. The molecule has 0 aliphatic carbocycles. The summed E-state index contributed by atoms with van der Waals surface area (Å²) in [6.45, 7) is 3.78. The van der Waals surface area contributed by atoms with Gasteiger partial charge in [-0.15, -0.1) is 0 Å². The third-order valence-electron chi connectivity index (χ3n) is 4.02. The smallest absolute Gasteiger partial charge is 0.0586 e. The van der Waals surface area contributed by atoms with E-state index in [9.17, 15) is 10.2 Å². The molecule has 2 heterocycles. The highest BCUT2D eigenvalue weighted by molar-refractivity contribution is 4.89. The number of piperidine rings is 1. The molecule has 2 N–H and O–H groups in total. The van der Waals surface area contributed by atoms with E-state index in [0.29, 0.717) is 6.61 Å². The van der Waals surface area contributed by atoms with Gasteiger partial charge in [0, 0.05) is 24.6 Å². The van der Waals surface area contributed by atoms with Gasteiger partial charge in [0.25, 0.3) is 0 Å². The van der Waals surface area contributed by atoms with Crippen molar-refractivity contribution in [2.24, 2.45) is 5.41 Å². The number of aliphatic hydroxyl groups is 2. The van der Waals surface area contributed by atoms with Crippen LogP contribution in [0.15, 0.2) is 0 Å². The molecule has 0 aromatic rings. The maximum Gasteiger partial charge on any atom is 0.0586 e. The van der Waals surface area contributed by atoms with E-state index >= 15 is 0 Å². The van der Waals surface area contributed by atoms with Crippen LogP contribution in [0, 0.1) is 5.41 Å². The van der Waals surface area contributed by atoms with Crippen molar-refractivity contribution < 1.29 is 14.9 Å². The number of rotatable bonds is 4. The Balaban J connectivity index is 1.95. The first-order valence-corrected chi connectivity index (χ1v) is 6.33. The molecular weight excluding hydrogens is 206 g/mol. The van der Waals surface area contributed by atoms with Crippen LogP contribution in [0.2, 0.25) is 0 Å². The Hall–Kier alpha value is -0.160. The predicted octanol–water partition coefficient (Wildman–Crippen LogP) is 0.232. The van der Waals surface area contributed by atoms with Crippen molar-refractivity contribution >= 4 is 0 Å². The molecule has 2 rings (SSSR count). The van der Waals surface area contributed by atoms with E-state index in [1.807, 2.05) is 0 Å². The zero-order chi connectivity index (χ0) is 11.4. The summed E-state index contributed by atoms with van der Waals surface area (Å²) in [6.07, 6.45) is 4.44. The molecule has 0 saturated carbocycles. The first kappa shape index (κ1) is 12.3. The van der Waals surface area contributed by atoms with Gasteiger partial charge in [0.05, 0.1) is 19.8 Å². The van der Waals surface area contributed by atoms with Gasteiger partial charge < -0.3 is 14.9 Å². The van der Waals surface area contributed by atoms with Gasteiger partial charge in [-0.05, 0) is 25.8 Å². The Morgan fingerprint density at radius 2 is 2.19 bits per heavy atom. The summed E-state index contributed by atoms with van der Waals surface area (Å²) >= 11 is 0. The molecule has 2 aliphatic rings. The average Bonchev–Trinajstić information content (AvgIpc) is 2.79. The standard InChI is InChI=1S/C12H23NO3/c14-7-11-3-1-2-5-13(11)8-12(9-15)4-6-16-10-12/h11,14-15H,1-10H2. The molecule has 2 aliphatic heterocycles. The zero-order valence-electron chi connectivity index (χ0n) is 9.90. The fraction of sp³-hybridized carbons (Fsp3) is 1.00. The summed E-state index contributed by atoms with van der Waals surface area (Å²) < 4.78 is 5.41. The normalized spacial score (nSPS) is 36.8. The molecule has 4 heteroatoms. The Morgan fingerprint density at radius 1 is 1.31 bits per heavy atom.